The summed E-state index contributed by atoms with van der Waals surface area (Å²) in [6.45, 7) is 6.07. The van der Waals surface area contributed by atoms with Gasteiger partial charge < -0.3 is 9.47 Å². The third kappa shape index (κ3) is 1.53. The molecule has 0 saturated carbocycles. The summed E-state index contributed by atoms with van der Waals surface area (Å²) in [6.07, 6.45) is 3.90. The number of ether oxygens (including phenoxy) is 2. The van der Waals surface area contributed by atoms with Gasteiger partial charge in [-0.2, -0.15) is 0 Å². The molecule has 0 bridgehead atoms. The first-order chi connectivity index (χ1) is 8.39. The molecule has 18 heavy (non-hydrogen) atoms. The van der Waals surface area contributed by atoms with Crippen LogP contribution in [0.4, 0.5) is 4.79 Å². The van der Waals surface area contributed by atoms with Gasteiger partial charge in [0, 0.05) is 6.54 Å². The van der Waals surface area contributed by atoms with Crippen molar-refractivity contribution < 1.29 is 19.1 Å². The third-order valence-electron chi connectivity index (χ3n) is 3.91. The van der Waals surface area contributed by atoms with Gasteiger partial charge >= 0.3 is 12.1 Å². The van der Waals surface area contributed by atoms with E-state index in [9.17, 15) is 9.59 Å². The molecule has 0 radical (unpaired) electrons. The van der Waals surface area contributed by atoms with Gasteiger partial charge in [0.05, 0.1) is 13.2 Å². The van der Waals surface area contributed by atoms with Crippen LogP contribution in [0.25, 0.3) is 0 Å². The van der Waals surface area contributed by atoms with Crippen LogP contribution >= 0.6 is 0 Å². The van der Waals surface area contributed by atoms with Crippen LogP contribution in [0.15, 0.2) is 12.2 Å². The smallest absolute Gasteiger partial charge is 0.411 e. The number of carbonyl (C=O) groups is 2. The topological polar surface area (TPSA) is 55.8 Å². The molecular weight excluding hydrogens is 234 g/mol. The van der Waals surface area contributed by atoms with E-state index >= 15 is 0 Å². The van der Waals surface area contributed by atoms with Gasteiger partial charge in [-0.3, -0.25) is 9.69 Å². The van der Waals surface area contributed by atoms with Crippen molar-refractivity contribution >= 4 is 12.1 Å². The molecule has 2 heterocycles. The zero-order valence-electron chi connectivity index (χ0n) is 11.2. The van der Waals surface area contributed by atoms with E-state index in [1.165, 1.54) is 7.11 Å². The maximum absolute atomic E-state index is 12.2. The van der Waals surface area contributed by atoms with E-state index in [2.05, 4.69) is 0 Å². The Labute approximate surface area is 107 Å². The lowest BCUT2D eigenvalue weighted by Gasteiger charge is -2.43. The Morgan fingerprint density at radius 1 is 1.61 bits per heavy atom. The predicted octanol–water partition coefficient (Wildman–Crippen LogP) is 1.73. The summed E-state index contributed by atoms with van der Waals surface area (Å²) >= 11 is 0. The number of esters is 1. The minimum atomic E-state index is -0.817. The number of hydrogen-bond acceptors (Lipinski definition) is 4. The van der Waals surface area contributed by atoms with E-state index in [0.29, 0.717) is 13.0 Å². The molecule has 1 unspecified atom stereocenters. The molecule has 100 valence electrons. The minimum Gasteiger partial charge on any atom is -0.468 e. The molecule has 5 nitrogen and oxygen atoms in total. The lowest BCUT2D eigenvalue weighted by Crippen LogP contribution is -2.58. The molecule has 0 spiro atoms. The summed E-state index contributed by atoms with van der Waals surface area (Å²) in [4.78, 5) is 25.7. The highest BCUT2D eigenvalue weighted by Crippen LogP contribution is 2.46. The number of fused-ring (bicyclic) bond motifs is 1. The summed E-state index contributed by atoms with van der Waals surface area (Å²) in [6, 6.07) is -0.319. The van der Waals surface area contributed by atoms with Gasteiger partial charge in [-0.15, -0.1) is 0 Å². The standard InChI is InChI=1S/C13H19NO4/c1-5-13(10(15)17-4)7-6-8-14-9(13)12(2,3)18-11(14)16/h6-7,9H,5,8H2,1-4H3/t9?,13-/m1/s1. The Morgan fingerprint density at radius 3 is 2.83 bits per heavy atom. The SMILES string of the molecule is CC[C@@]1(C(=O)OC)C=CCN2C(=O)OC(C)(C)C21. The lowest BCUT2D eigenvalue weighted by molar-refractivity contribution is -0.156. The van der Waals surface area contributed by atoms with Crippen LogP contribution in [-0.4, -0.2) is 42.3 Å². The minimum absolute atomic E-state index is 0.317. The van der Waals surface area contributed by atoms with Gasteiger partial charge in [0.2, 0.25) is 0 Å². The normalized spacial score (nSPS) is 33.0. The highest BCUT2D eigenvalue weighted by Gasteiger charge is 2.61. The van der Waals surface area contributed by atoms with Gasteiger partial charge in [0.25, 0.3) is 0 Å². The van der Waals surface area contributed by atoms with Crippen LogP contribution in [0.1, 0.15) is 27.2 Å². The third-order valence-corrected chi connectivity index (χ3v) is 3.91. The predicted molar refractivity (Wildman–Crippen MR) is 64.9 cm³/mol. The zero-order valence-corrected chi connectivity index (χ0v) is 11.2. The fourth-order valence-electron chi connectivity index (χ4n) is 3.19. The molecule has 0 aromatic rings. The summed E-state index contributed by atoms with van der Waals surface area (Å²) in [5, 5.41) is 0. The fraction of sp³-hybridized carbons (Fsp3) is 0.692. The number of amides is 1. The summed E-state index contributed by atoms with van der Waals surface area (Å²) in [5.41, 5.74) is -1.52. The average molecular weight is 253 g/mol. The molecule has 0 aromatic carbocycles. The van der Waals surface area contributed by atoms with Crippen LogP contribution in [0.3, 0.4) is 0 Å². The number of nitrogens with zero attached hydrogens (tertiary/aromatic N) is 1. The number of methoxy groups -OCH3 is 1. The van der Waals surface area contributed by atoms with Crippen LogP contribution in [0, 0.1) is 5.41 Å². The van der Waals surface area contributed by atoms with Crippen molar-refractivity contribution in [3.63, 3.8) is 0 Å². The molecule has 0 aromatic heterocycles. The van der Waals surface area contributed by atoms with Gasteiger partial charge in [-0.05, 0) is 20.3 Å². The lowest BCUT2D eigenvalue weighted by atomic mass is 9.69. The highest BCUT2D eigenvalue weighted by atomic mass is 16.6. The van der Waals surface area contributed by atoms with Gasteiger partial charge in [0.15, 0.2) is 0 Å². The molecule has 0 N–H and O–H groups in total. The zero-order chi connectivity index (χ0) is 13.6. The van der Waals surface area contributed by atoms with Crippen molar-refractivity contribution in [3.05, 3.63) is 12.2 Å². The largest absolute Gasteiger partial charge is 0.468 e. The first kappa shape index (κ1) is 12.9. The molecule has 1 fully saturated rings. The molecule has 2 rings (SSSR count). The van der Waals surface area contributed by atoms with E-state index in [4.69, 9.17) is 9.47 Å². The van der Waals surface area contributed by atoms with E-state index in [1.807, 2.05) is 32.9 Å². The van der Waals surface area contributed by atoms with E-state index in [0.717, 1.165) is 0 Å². The van der Waals surface area contributed by atoms with Crippen molar-refractivity contribution in [2.45, 2.75) is 38.8 Å². The van der Waals surface area contributed by atoms with E-state index in [1.54, 1.807) is 4.90 Å². The first-order valence-corrected chi connectivity index (χ1v) is 6.15. The monoisotopic (exact) mass is 253 g/mol. The van der Waals surface area contributed by atoms with Crippen LogP contribution in [0.2, 0.25) is 0 Å². The Kier molecular flexibility index (Phi) is 2.87. The van der Waals surface area contributed by atoms with Crippen LogP contribution < -0.4 is 0 Å². The molecule has 2 aliphatic heterocycles. The van der Waals surface area contributed by atoms with Crippen molar-refractivity contribution in [1.29, 1.82) is 0 Å². The number of cyclic esters (lactones) is 1. The van der Waals surface area contributed by atoms with Crippen LogP contribution in [0.5, 0.6) is 0 Å². The number of hydrogen-bond donors (Lipinski definition) is 0. The highest BCUT2D eigenvalue weighted by molar-refractivity contribution is 5.83. The van der Waals surface area contributed by atoms with Gasteiger partial charge in [-0.1, -0.05) is 19.1 Å². The Balaban J connectivity index is 2.53. The quantitative estimate of drug-likeness (QED) is 0.555. The second-order valence-corrected chi connectivity index (χ2v) is 5.31. The summed E-state index contributed by atoms with van der Waals surface area (Å²) < 4.78 is 10.3. The van der Waals surface area contributed by atoms with E-state index in [-0.39, 0.29) is 18.1 Å². The van der Waals surface area contributed by atoms with Crippen molar-refractivity contribution in [2.24, 2.45) is 5.41 Å². The van der Waals surface area contributed by atoms with Crippen molar-refractivity contribution in [1.82, 2.24) is 4.90 Å². The first-order valence-electron chi connectivity index (χ1n) is 6.15. The molecule has 2 atom stereocenters. The molecule has 2 aliphatic rings. The van der Waals surface area contributed by atoms with Gasteiger partial charge in [0.1, 0.15) is 11.0 Å². The number of rotatable bonds is 2. The van der Waals surface area contributed by atoms with Crippen molar-refractivity contribution in [2.75, 3.05) is 13.7 Å². The molecular formula is C13H19NO4. The Bertz CT molecular complexity index is 415. The molecule has 0 aliphatic carbocycles. The van der Waals surface area contributed by atoms with Crippen molar-refractivity contribution in [3.8, 4) is 0 Å². The average Bonchev–Trinajstić information content (AvgIpc) is 2.59. The van der Waals surface area contributed by atoms with Crippen LogP contribution in [-0.2, 0) is 14.3 Å². The second-order valence-electron chi connectivity index (χ2n) is 5.31. The second kappa shape index (κ2) is 4.00. The Hall–Kier alpha value is -1.52. The molecule has 5 heteroatoms. The van der Waals surface area contributed by atoms with E-state index < -0.39 is 11.0 Å². The molecule has 1 amide bonds. The maximum atomic E-state index is 12.2. The fourth-order valence-corrected chi connectivity index (χ4v) is 3.19. The molecule has 1 saturated heterocycles. The van der Waals surface area contributed by atoms with Gasteiger partial charge in [-0.25, -0.2) is 4.79 Å². The maximum Gasteiger partial charge on any atom is 0.411 e. The summed E-state index contributed by atoms with van der Waals surface area (Å²) in [7, 11) is 1.37. The Morgan fingerprint density at radius 2 is 2.28 bits per heavy atom. The summed E-state index contributed by atoms with van der Waals surface area (Å²) in [5.74, 6) is -0.317. The number of carbonyl (C=O) groups excluding carboxylic acids is 2.